The maximum atomic E-state index is 11.7. The predicted molar refractivity (Wildman–Crippen MR) is 77.1 cm³/mol. The van der Waals surface area contributed by atoms with Crippen LogP contribution < -0.4 is 5.32 Å². The molecule has 0 unspecified atom stereocenters. The molecule has 2 aromatic carbocycles. The minimum Gasteiger partial charge on any atom is -0.481 e. The van der Waals surface area contributed by atoms with Gasteiger partial charge in [-0.15, -0.1) is 0 Å². The smallest absolute Gasteiger partial charge is 0.303 e. The van der Waals surface area contributed by atoms with Crippen LogP contribution in [-0.4, -0.2) is 17.0 Å². The van der Waals surface area contributed by atoms with Crippen molar-refractivity contribution in [1.29, 1.82) is 0 Å². The Bertz CT molecular complexity index is 640. The molecule has 2 N–H and O–H groups in total. The molecule has 0 spiro atoms. The van der Waals surface area contributed by atoms with Crippen LogP contribution in [-0.2, 0) is 9.59 Å². The molecular formula is C14H12BrNO3. The van der Waals surface area contributed by atoms with Gasteiger partial charge in [0.05, 0.1) is 6.42 Å². The van der Waals surface area contributed by atoms with Crippen LogP contribution in [0.4, 0.5) is 5.69 Å². The van der Waals surface area contributed by atoms with Crippen LogP contribution in [0.2, 0.25) is 0 Å². The molecule has 0 fully saturated rings. The highest BCUT2D eigenvalue weighted by molar-refractivity contribution is 9.10. The van der Waals surface area contributed by atoms with E-state index in [0.717, 1.165) is 15.2 Å². The number of carbonyl (C=O) groups is 2. The molecule has 0 aliphatic heterocycles. The number of nitrogens with one attached hydrogen (secondary N) is 1. The van der Waals surface area contributed by atoms with Crippen molar-refractivity contribution in [3.05, 3.63) is 40.9 Å². The number of fused-ring (bicyclic) bond motifs is 1. The first-order chi connectivity index (χ1) is 9.08. The van der Waals surface area contributed by atoms with Crippen molar-refractivity contribution in [3.8, 4) is 0 Å². The fourth-order valence-electron chi connectivity index (χ4n) is 1.80. The van der Waals surface area contributed by atoms with Crippen molar-refractivity contribution in [2.75, 3.05) is 5.32 Å². The fourth-order valence-corrected chi connectivity index (χ4v) is 2.28. The van der Waals surface area contributed by atoms with Gasteiger partial charge in [-0.3, -0.25) is 9.59 Å². The Morgan fingerprint density at radius 3 is 2.42 bits per heavy atom. The lowest BCUT2D eigenvalue weighted by molar-refractivity contribution is -0.138. The highest BCUT2D eigenvalue weighted by Gasteiger charge is 2.09. The maximum Gasteiger partial charge on any atom is 0.303 e. The maximum absolute atomic E-state index is 11.7. The molecule has 0 bridgehead atoms. The Kier molecular flexibility index (Phi) is 4.16. The monoisotopic (exact) mass is 321 g/mol. The van der Waals surface area contributed by atoms with Crippen LogP contribution in [0.3, 0.4) is 0 Å². The Balaban J connectivity index is 2.24. The summed E-state index contributed by atoms with van der Waals surface area (Å²) in [6.07, 6.45) is -0.194. The van der Waals surface area contributed by atoms with Gasteiger partial charge >= 0.3 is 5.97 Å². The van der Waals surface area contributed by atoms with Gasteiger partial charge in [0.2, 0.25) is 5.91 Å². The number of carboxylic acids is 1. The van der Waals surface area contributed by atoms with Crippen LogP contribution in [0.5, 0.6) is 0 Å². The van der Waals surface area contributed by atoms with Crippen molar-refractivity contribution < 1.29 is 14.7 Å². The Hall–Kier alpha value is -1.88. The molecule has 0 aliphatic rings. The van der Waals surface area contributed by atoms with Crippen molar-refractivity contribution in [2.45, 2.75) is 12.8 Å². The number of carbonyl (C=O) groups excluding carboxylic acids is 1. The largest absolute Gasteiger partial charge is 0.481 e. The summed E-state index contributed by atoms with van der Waals surface area (Å²) in [6, 6.07) is 11.3. The van der Waals surface area contributed by atoms with E-state index in [1.54, 1.807) is 6.07 Å². The van der Waals surface area contributed by atoms with Gasteiger partial charge < -0.3 is 10.4 Å². The van der Waals surface area contributed by atoms with Crippen LogP contribution in [0.1, 0.15) is 12.8 Å². The summed E-state index contributed by atoms with van der Waals surface area (Å²) in [5, 5.41) is 13.2. The average Bonchev–Trinajstić information content (AvgIpc) is 2.40. The molecule has 0 radical (unpaired) electrons. The van der Waals surface area contributed by atoms with Crippen molar-refractivity contribution in [2.24, 2.45) is 0 Å². The van der Waals surface area contributed by atoms with E-state index < -0.39 is 5.97 Å². The number of hydrogen-bond acceptors (Lipinski definition) is 2. The molecule has 0 aliphatic carbocycles. The molecule has 0 saturated carbocycles. The summed E-state index contributed by atoms with van der Waals surface area (Å²) >= 11 is 3.46. The molecule has 0 atom stereocenters. The molecule has 98 valence electrons. The molecule has 2 aromatic rings. The SMILES string of the molecule is O=C(O)CCC(=O)Nc1ccc(Br)c2ccccc12. The fraction of sp³-hybridized carbons (Fsp3) is 0.143. The minimum absolute atomic E-state index is 0.0281. The van der Waals surface area contributed by atoms with Crippen molar-refractivity contribution in [3.63, 3.8) is 0 Å². The van der Waals surface area contributed by atoms with Gasteiger partial charge in [-0.05, 0) is 17.5 Å². The molecule has 5 heteroatoms. The lowest BCUT2D eigenvalue weighted by Crippen LogP contribution is -2.13. The van der Waals surface area contributed by atoms with E-state index in [0.29, 0.717) is 5.69 Å². The first-order valence-corrected chi connectivity index (χ1v) is 6.56. The third-order valence-electron chi connectivity index (χ3n) is 2.71. The topological polar surface area (TPSA) is 66.4 Å². The summed E-state index contributed by atoms with van der Waals surface area (Å²) in [4.78, 5) is 22.1. The van der Waals surface area contributed by atoms with E-state index in [4.69, 9.17) is 5.11 Å². The van der Waals surface area contributed by atoms with Gasteiger partial charge in [0.1, 0.15) is 0 Å². The van der Waals surface area contributed by atoms with E-state index in [-0.39, 0.29) is 18.7 Å². The highest BCUT2D eigenvalue weighted by Crippen LogP contribution is 2.29. The first kappa shape index (κ1) is 13.5. The molecule has 19 heavy (non-hydrogen) atoms. The van der Waals surface area contributed by atoms with Crippen LogP contribution in [0.25, 0.3) is 10.8 Å². The number of hydrogen-bond donors (Lipinski definition) is 2. The second-order valence-electron chi connectivity index (χ2n) is 4.08. The number of halogens is 1. The normalized spacial score (nSPS) is 10.4. The Labute approximate surface area is 118 Å². The van der Waals surface area contributed by atoms with Crippen molar-refractivity contribution >= 4 is 44.3 Å². The van der Waals surface area contributed by atoms with Gasteiger partial charge in [0.15, 0.2) is 0 Å². The van der Waals surface area contributed by atoms with Crippen LogP contribution in [0, 0.1) is 0 Å². The number of rotatable bonds is 4. The number of anilines is 1. The van der Waals surface area contributed by atoms with Crippen LogP contribution in [0.15, 0.2) is 40.9 Å². The standard InChI is InChI=1S/C14H12BrNO3/c15-11-5-6-12(10-4-2-1-3-9(10)11)16-13(17)7-8-14(18)19/h1-6H,7-8H2,(H,16,17)(H,18,19). The second kappa shape index (κ2) is 5.84. The lowest BCUT2D eigenvalue weighted by Gasteiger charge is -2.09. The van der Waals surface area contributed by atoms with Gasteiger partial charge in [0.25, 0.3) is 0 Å². The number of aliphatic carboxylic acids is 1. The Morgan fingerprint density at radius 1 is 1.05 bits per heavy atom. The van der Waals surface area contributed by atoms with E-state index in [1.807, 2.05) is 30.3 Å². The van der Waals surface area contributed by atoms with Gasteiger partial charge in [-0.2, -0.15) is 0 Å². The van der Waals surface area contributed by atoms with E-state index >= 15 is 0 Å². The molecule has 0 heterocycles. The van der Waals surface area contributed by atoms with Gasteiger partial charge in [-0.25, -0.2) is 0 Å². The zero-order valence-electron chi connectivity index (χ0n) is 10.0. The van der Waals surface area contributed by atoms with E-state index in [1.165, 1.54) is 0 Å². The van der Waals surface area contributed by atoms with Crippen LogP contribution >= 0.6 is 15.9 Å². The second-order valence-corrected chi connectivity index (χ2v) is 4.94. The molecule has 1 amide bonds. The molecule has 0 saturated heterocycles. The molecule has 2 rings (SSSR count). The molecular weight excluding hydrogens is 310 g/mol. The zero-order chi connectivity index (χ0) is 13.8. The summed E-state index contributed by atoms with van der Waals surface area (Å²) < 4.78 is 0.951. The summed E-state index contributed by atoms with van der Waals surface area (Å²) in [5.74, 6) is -1.27. The van der Waals surface area contributed by atoms with Gasteiger partial charge in [0, 0.05) is 22.0 Å². The number of carboxylic acid groups (broad SMARTS) is 1. The van der Waals surface area contributed by atoms with E-state index in [9.17, 15) is 9.59 Å². The molecule has 0 aromatic heterocycles. The molecule has 4 nitrogen and oxygen atoms in total. The quantitative estimate of drug-likeness (QED) is 0.906. The summed E-state index contributed by atoms with van der Waals surface area (Å²) in [6.45, 7) is 0. The van der Waals surface area contributed by atoms with Gasteiger partial charge in [-0.1, -0.05) is 40.2 Å². The first-order valence-electron chi connectivity index (χ1n) is 5.77. The minimum atomic E-state index is -0.976. The Morgan fingerprint density at radius 2 is 1.74 bits per heavy atom. The number of amides is 1. The third kappa shape index (κ3) is 3.32. The summed E-state index contributed by atoms with van der Waals surface area (Å²) in [5.41, 5.74) is 0.689. The van der Waals surface area contributed by atoms with E-state index in [2.05, 4.69) is 21.2 Å². The highest BCUT2D eigenvalue weighted by atomic mass is 79.9. The summed E-state index contributed by atoms with van der Waals surface area (Å²) in [7, 11) is 0. The zero-order valence-corrected chi connectivity index (χ0v) is 11.6. The average molecular weight is 322 g/mol. The third-order valence-corrected chi connectivity index (χ3v) is 3.40. The van der Waals surface area contributed by atoms with Crippen molar-refractivity contribution in [1.82, 2.24) is 0 Å². The predicted octanol–water partition coefficient (Wildman–Crippen LogP) is 3.41. The lowest BCUT2D eigenvalue weighted by atomic mass is 10.1. The number of benzene rings is 2.